The van der Waals surface area contributed by atoms with Crippen LogP contribution in [0.5, 0.6) is 0 Å². The minimum absolute atomic E-state index is 0.0228. The van der Waals surface area contributed by atoms with Crippen LogP contribution in [0.2, 0.25) is 0 Å². The normalized spacial score (nSPS) is 22.1. The fourth-order valence-electron chi connectivity index (χ4n) is 3.34. The Bertz CT molecular complexity index is 679. The molecule has 1 aromatic heterocycles. The SMILES string of the molecule is CCc1c(C(=O)N2C[C@H](NS(C)(=O)=O)[C@@H](C(C)C)C2)csc1C. The average Bonchev–Trinajstić information content (AvgIpc) is 2.99. The first-order chi connectivity index (χ1) is 10.6. The Morgan fingerprint density at radius 1 is 1.43 bits per heavy atom. The maximum atomic E-state index is 12.9. The Balaban J connectivity index is 2.22. The predicted molar refractivity (Wildman–Crippen MR) is 94.4 cm³/mol. The summed E-state index contributed by atoms with van der Waals surface area (Å²) in [6.45, 7) is 9.27. The van der Waals surface area contributed by atoms with Crippen molar-refractivity contribution in [3.8, 4) is 0 Å². The maximum absolute atomic E-state index is 12.9. The maximum Gasteiger partial charge on any atom is 0.255 e. The number of sulfonamides is 1. The Morgan fingerprint density at radius 3 is 2.61 bits per heavy atom. The molecule has 2 heterocycles. The third-order valence-corrected chi connectivity index (χ3v) is 6.25. The van der Waals surface area contributed by atoms with Gasteiger partial charge in [-0.25, -0.2) is 13.1 Å². The summed E-state index contributed by atoms with van der Waals surface area (Å²) in [6, 6.07) is -0.209. The van der Waals surface area contributed by atoms with Gasteiger partial charge in [-0.3, -0.25) is 4.79 Å². The first-order valence-corrected chi connectivity index (χ1v) is 10.7. The van der Waals surface area contributed by atoms with Gasteiger partial charge in [-0.1, -0.05) is 20.8 Å². The van der Waals surface area contributed by atoms with Gasteiger partial charge in [0.2, 0.25) is 10.0 Å². The second-order valence-electron chi connectivity index (χ2n) is 6.65. The quantitative estimate of drug-likeness (QED) is 0.878. The van der Waals surface area contributed by atoms with Crippen molar-refractivity contribution in [1.82, 2.24) is 9.62 Å². The van der Waals surface area contributed by atoms with Gasteiger partial charge in [-0.2, -0.15) is 0 Å². The number of aryl methyl sites for hydroxylation is 1. The van der Waals surface area contributed by atoms with Gasteiger partial charge in [0.15, 0.2) is 0 Å². The molecule has 1 aliphatic heterocycles. The van der Waals surface area contributed by atoms with Crippen molar-refractivity contribution in [2.24, 2.45) is 11.8 Å². The first-order valence-electron chi connectivity index (χ1n) is 7.97. The molecule has 0 radical (unpaired) electrons. The Labute approximate surface area is 143 Å². The van der Waals surface area contributed by atoms with Crippen molar-refractivity contribution in [3.05, 3.63) is 21.4 Å². The summed E-state index contributed by atoms with van der Waals surface area (Å²) in [5.74, 6) is 0.468. The van der Waals surface area contributed by atoms with Gasteiger partial charge in [0.05, 0.1) is 11.8 Å². The van der Waals surface area contributed by atoms with Gasteiger partial charge in [0.25, 0.3) is 5.91 Å². The predicted octanol–water partition coefficient (Wildman–Crippen LogP) is 2.26. The van der Waals surface area contributed by atoms with Crippen LogP contribution >= 0.6 is 11.3 Å². The van der Waals surface area contributed by atoms with Gasteiger partial charge in [0.1, 0.15) is 0 Å². The second kappa shape index (κ2) is 6.91. The zero-order chi connectivity index (χ0) is 17.4. The number of rotatable bonds is 5. The molecule has 0 spiro atoms. The van der Waals surface area contributed by atoms with Crippen LogP contribution in [0.1, 0.15) is 41.6 Å². The fourth-order valence-corrected chi connectivity index (χ4v) is 5.07. The first kappa shape index (κ1) is 18.4. The zero-order valence-electron chi connectivity index (χ0n) is 14.4. The molecule has 1 saturated heterocycles. The van der Waals surface area contributed by atoms with Gasteiger partial charge >= 0.3 is 0 Å². The molecule has 23 heavy (non-hydrogen) atoms. The molecule has 5 nitrogen and oxygen atoms in total. The van der Waals surface area contributed by atoms with E-state index in [1.165, 1.54) is 11.1 Å². The van der Waals surface area contributed by atoms with E-state index < -0.39 is 10.0 Å². The Kier molecular flexibility index (Phi) is 5.53. The van der Waals surface area contributed by atoms with E-state index >= 15 is 0 Å². The lowest BCUT2D eigenvalue weighted by Gasteiger charge is -2.21. The van der Waals surface area contributed by atoms with E-state index in [0.29, 0.717) is 19.0 Å². The molecular formula is C16H26N2O3S2. The molecule has 0 aliphatic carbocycles. The topological polar surface area (TPSA) is 66.5 Å². The number of carbonyl (C=O) groups excluding carboxylic acids is 1. The molecule has 2 rings (SSSR count). The number of nitrogens with zero attached hydrogens (tertiary/aromatic N) is 1. The van der Waals surface area contributed by atoms with Gasteiger partial charge in [0, 0.05) is 29.4 Å². The van der Waals surface area contributed by atoms with Crippen molar-refractivity contribution in [2.45, 2.75) is 40.2 Å². The number of hydrogen-bond acceptors (Lipinski definition) is 4. The van der Waals surface area contributed by atoms with Gasteiger partial charge in [-0.15, -0.1) is 11.3 Å². The van der Waals surface area contributed by atoms with Gasteiger partial charge in [-0.05, 0) is 30.7 Å². The van der Waals surface area contributed by atoms with E-state index in [9.17, 15) is 13.2 Å². The summed E-state index contributed by atoms with van der Waals surface area (Å²) in [5.41, 5.74) is 1.89. The number of amides is 1. The second-order valence-corrected chi connectivity index (χ2v) is 9.52. The smallest absolute Gasteiger partial charge is 0.255 e. The van der Waals surface area contributed by atoms with E-state index in [4.69, 9.17) is 0 Å². The molecule has 7 heteroatoms. The van der Waals surface area contributed by atoms with E-state index in [-0.39, 0.29) is 17.9 Å². The minimum atomic E-state index is -3.28. The van der Waals surface area contributed by atoms with Crippen LogP contribution in [-0.4, -0.2) is 44.6 Å². The molecule has 130 valence electrons. The van der Waals surface area contributed by atoms with Crippen LogP contribution in [0.15, 0.2) is 5.38 Å². The number of hydrogen-bond donors (Lipinski definition) is 1. The summed E-state index contributed by atoms with van der Waals surface area (Å²) in [6.07, 6.45) is 2.01. The average molecular weight is 359 g/mol. The highest BCUT2D eigenvalue weighted by Crippen LogP contribution is 2.29. The van der Waals surface area contributed by atoms with Crippen molar-refractivity contribution in [3.63, 3.8) is 0 Å². The van der Waals surface area contributed by atoms with E-state index in [2.05, 4.69) is 25.5 Å². The summed E-state index contributed by atoms with van der Waals surface area (Å²) in [4.78, 5) is 15.9. The molecule has 1 fully saturated rings. The lowest BCUT2D eigenvalue weighted by Crippen LogP contribution is -2.41. The molecule has 0 unspecified atom stereocenters. The van der Waals surface area contributed by atoms with E-state index in [0.717, 1.165) is 17.5 Å². The highest BCUT2D eigenvalue weighted by Gasteiger charge is 2.39. The van der Waals surface area contributed by atoms with Crippen molar-refractivity contribution in [1.29, 1.82) is 0 Å². The van der Waals surface area contributed by atoms with E-state index in [1.54, 1.807) is 16.2 Å². The number of nitrogens with one attached hydrogen (secondary N) is 1. The third-order valence-electron chi connectivity index (χ3n) is 4.56. The molecule has 1 N–H and O–H groups in total. The molecular weight excluding hydrogens is 332 g/mol. The number of likely N-dealkylation sites (tertiary alicyclic amines) is 1. The Hall–Kier alpha value is -0.920. The summed E-state index contributed by atoms with van der Waals surface area (Å²) in [5, 5.41) is 1.93. The molecule has 0 saturated carbocycles. The molecule has 1 amide bonds. The molecule has 1 aromatic rings. The lowest BCUT2D eigenvalue weighted by molar-refractivity contribution is 0.0782. The summed E-state index contributed by atoms with van der Waals surface area (Å²) in [7, 11) is -3.28. The molecule has 2 atom stereocenters. The highest BCUT2D eigenvalue weighted by molar-refractivity contribution is 7.88. The van der Waals surface area contributed by atoms with Crippen LogP contribution in [-0.2, 0) is 16.4 Å². The minimum Gasteiger partial charge on any atom is -0.337 e. The largest absolute Gasteiger partial charge is 0.337 e. The highest BCUT2D eigenvalue weighted by atomic mass is 32.2. The van der Waals surface area contributed by atoms with Crippen molar-refractivity contribution in [2.75, 3.05) is 19.3 Å². The number of thiophene rings is 1. The standard InChI is InChI=1S/C16H26N2O3S2/c1-6-12-11(4)22-9-14(12)16(19)18-7-13(10(2)3)15(8-18)17-23(5,20)21/h9-10,13,15,17H,6-8H2,1-5H3/t13-,15+/m1/s1. The molecule has 0 aromatic carbocycles. The van der Waals surface area contributed by atoms with E-state index in [1.807, 2.05) is 12.3 Å². The molecule has 1 aliphatic rings. The van der Waals surface area contributed by atoms with Gasteiger partial charge < -0.3 is 4.90 Å². The molecule has 0 bridgehead atoms. The summed E-state index contributed by atoms with van der Waals surface area (Å²) >= 11 is 1.60. The third kappa shape index (κ3) is 4.14. The number of carbonyl (C=O) groups is 1. The van der Waals surface area contributed by atoms with Crippen LogP contribution in [0, 0.1) is 18.8 Å². The zero-order valence-corrected chi connectivity index (χ0v) is 16.1. The summed E-state index contributed by atoms with van der Waals surface area (Å²) < 4.78 is 25.9. The van der Waals surface area contributed by atoms with Crippen molar-refractivity contribution >= 4 is 27.3 Å². The Morgan fingerprint density at radius 2 is 2.09 bits per heavy atom. The van der Waals surface area contributed by atoms with Crippen molar-refractivity contribution < 1.29 is 13.2 Å². The fraction of sp³-hybridized carbons (Fsp3) is 0.688. The van der Waals surface area contributed by atoms with Crippen LogP contribution in [0.4, 0.5) is 0 Å². The van der Waals surface area contributed by atoms with Crippen LogP contribution < -0.4 is 4.72 Å². The van der Waals surface area contributed by atoms with Crippen LogP contribution in [0.3, 0.4) is 0 Å². The monoisotopic (exact) mass is 358 g/mol. The lowest BCUT2D eigenvalue weighted by atomic mass is 9.92. The van der Waals surface area contributed by atoms with Crippen LogP contribution in [0.25, 0.3) is 0 Å².